The third-order valence-electron chi connectivity index (χ3n) is 4.47. The van der Waals surface area contributed by atoms with Gasteiger partial charge in [0.15, 0.2) is 0 Å². The highest BCUT2D eigenvalue weighted by atomic mass is 16.5. The fourth-order valence-corrected chi connectivity index (χ4v) is 3.05. The Morgan fingerprint density at radius 3 is 2.52 bits per heavy atom. The number of methoxy groups -OCH3 is 1. The van der Waals surface area contributed by atoms with E-state index in [0.29, 0.717) is 24.3 Å². The molecule has 1 aromatic heterocycles. The monoisotopic (exact) mass is 366 g/mol. The molecular formula is C22H26N2O3. The second-order valence-corrected chi connectivity index (χ2v) is 6.52. The van der Waals surface area contributed by atoms with Crippen molar-refractivity contribution in [2.45, 2.75) is 20.3 Å². The van der Waals surface area contributed by atoms with Crippen LogP contribution in [0.3, 0.4) is 0 Å². The normalized spacial score (nSPS) is 10.9. The number of hydrogen-bond donors (Lipinski definition) is 2. The highest BCUT2D eigenvalue weighted by Gasteiger charge is 2.14. The van der Waals surface area contributed by atoms with Crippen LogP contribution >= 0.6 is 0 Å². The molecule has 0 bridgehead atoms. The Labute approximate surface area is 159 Å². The maximum atomic E-state index is 12.7. The number of nitrogens with one attached hydrogen (secondary N) is 2. The van der Waals surface area contributed by atoms with Crippen molar-refractivity contribution in [2.75, 3.05) is 32.2 Å². The molecule has 0 saturated carbocycles. The average molecular weight is 366 g/mol. The van der Waals surface area contributed by atoms with Crippen molar-refractivity contribution in [1.29, 1.82) is 0 Å². The molecule has 3 rings (SSSR count). The molecule has 0 aliphatic heterocycles. The van der Waals surface area contributed by atoms with Gasteiger partial charge in [0.2, 0.25) is 0 Å². The van der Waals surface area contributed by atoms with Gasteiger partial charge in [0.1, 0.15) is 5.75 Å². The van der Waals surface area contributed by atoms with Crippen molar-refractivity contribution in [2.24, 2.45) is 0 Å². The number of pyridine rings is 1. The van der Waals surface area contributed by atoms with Gasteiger partial charge in [0.25, 0.3) is 5.56 Å². The van der Waals surface area contributed by atoms with Gasteiger partial charge >= 0.3 is 0 Å². The van der Waals surface area contributed by atoms with Crippen molar-refractivity contribution >= 4 is 16.5 Å². The van der Waals surface area contributed by atoms with E-state index in [1.54, 1.807) is 13.2 Å². The Hall–Kier alpha value is -2.79. The average Bonchev–Trinajstić information content (AvgIpc) is 2.69. The van der Waals surface area contributed by atoms with Gasteiger partial charge in [0, 0.05) is 24.1 Å². The Morgan fingerprint density at radius 2 is 1.81 bits per heavy atom. The van der Waals surface area contributed by atoms with Crippen molar-refractivity contribution in [3.8, 4) is 17.0 Å². The van der Waals surface area contributed by atoms with Crippen molar-refractivity contribution in [3.05, 3.63) is 58.4 Å². The van der Waals surface area contributed by atoms with Gasteiger partial charge in [-0.1, -0.05) is 36.8 Å². The van der Waals surface area contributed by atoms with Crippen molar-refractivity contribution in [1.82, 2.24) is 4.98 Å². The molecule has 3 aromatic rings. The van der Waals surface area contributed by atoms with E-state index in [2.05, 4.69) is 17.2 Å². The molecule has 0 unspecified atom stereocenters. The Bertz CT molecular complexity index is 962. The summed E-state index contributed by atoms with van der Waals surface area (Å²) < 4.78 is 10.9. The quantitative estimate of drug-likeness (QED) is 0.582. The summed E-state index contributed by atoms with van der Waals surface area (Å²) in [6.07, 6.45) is 0.996. The molecule has 0 aliphatic rings. The molecule has 2 N–H and O–H groups in total. The fraction of sp³-hybridized carbons (Fsp3) is 0.318. The minimum atomic E-state index is -0.132. The second kappa shape index (κ2) is 8.73. The molecule has 0 amide bonds. The van der Waals surface area contributed by atoms with Crippen LogP contribution in [0.1, 0.15) is 18.9 Å². The molecule has 5 heteroatoms. The number of aromatic amines is 1. The van der Waals surface area contributed by atoms with Gasteiger partial charge in [-0.05, 0) is 31.5 Å². The minimum Gasteiger partial charge on any atom is -0.497 e. The highest BCUT2D eigenvalue weighted by Crippen LogP contribution is 2.32. The van der Waals surface area contributed by atoms with Crippen molar-refractivity contribution < 1.29 is 9.47 Å². The number of benzene rings is 2. The van der Waals surface area contributed by atoms with E-state index in [0.717, 1.165) is 35.4 Å². The molecule has 27 heavy (non-hydrogen) atoms. The predicted molar refractivity (Wildman–Crippen MR) is 111 cm³/mol. The van der Waals surface area contributed by atoms with Crippen LogP contribution in [0.2, 0.25) is 0 Å². The Kier molecular flexibility index (Phi) is 6.14. The van der Waals surface area contributed by atoms with Gasteiger partial charge in [-0.15, -0.1) is 0 Å². The Balaban J connectivity index is 2.07. The maximum absolute atomic E-state index is 12.7. The van der Waals surface area contributed by atoms with E-state index in [9.17, 15) is 4.79 Å². The number of hydrogen-bond acceptors (Lipinski definition) is 4. The topological polar surface area (TPSA) is 63.3 Å². The van der Waals surface area contributed by atoms with Gasteiger partial charge in [0.05, 0.1) is 30.5 Å². The number of ether oxygens (including phenoxy) is 2. The summed E-state index contributed by atoms with van der Waals surface area (Å²) in [5.74, 6) is 0.660. The van der Waals surface area contributed by atoms with Crippen molar-refractivity contribution in [3.63, 3.8) is 0 Å². The molecule has 0 spiro atoms. The number of aromatic nitrogens is 1. The lowest BCUT2D eigenvalue weighted by Gasteiger charge is -2.16. The van der Waals surface area contributed by atoms with Crippen LogP contribution in [-0.4, -0.2) is 31.9 Å². The summed E-state index contributed by atoms with van der Waals surface area (Å²) in [4.78, 5) is 15.8. The lowest BCUT2D eigenvalue weighted by molar-refractivity contribution is 0.144. The molecular weight excluding hydrogens is 340 g/mol. The first-order chi connectivity index (χ1) is 13.1. The fourth-order valence-electron chi connectivity index (χ4n) is 3.05. The highest BCUT2D eigenvalue weighted by molar-refractivity contribution is 6.00. The first-order valence-electron chi connectivity index (χ1n) is 9.26. The largest absolute Gasteiger partial charge is 0.497 e. The summed E-state index contributed by atoms with van der Waals surface area (Å²) in [5, 5.41) is 4.92. The van der Waals surface area contributed by atoms with Gasteiger partial charge in [-0.3, -0.25) is 4.79 Å². The van der Waals surface area contributed by atoms with Crippen LogP contribution < -0.4 is 15.6 Å². The lowest BCUT2D eigenvalue weighted by atomic mass is 10.0. The predicted octanol–water partition coefficient (Wildman–Crippen LogP) is 4.35. The van der Waals surface area contributed by atoms with E-state index in [1.807, 2.05) is 43.3 Å². The zero-order valence-electron chi connectivity index (χ0n) is 16.1. The van der Waals surface area contributed by atoms with Gasteiger partial charge in [-0.2, -0.15) is 0 Å². The van der Waals surface area contributed by atoms with Crippen LogP contribution in [0.5, 0.6) is 5.75 Å². The number of rotatable bonds is 8. The summed E-state index contributed by atoms with van der Waals surface area (Å²) in [6.45, 7) is 6.15. The zero-order chi connectivity index (χ0) is 19.2. The van der Waals surface area contributed by atoms with E-state index < -0.39 is 0 Å². The molecule has 0 atom stereocenters. The molecule has 2 aromatic carbocycles. The van der Waals surface area contributed by atoms with Gasteiger partial charge in [-0.25, -0.2) is 0 Å². The van der Waals surface area contributed by atoms with Crippen LogP contribution in [0.25, 0.3) is 22.0 Å². The molecule has 0 fully saturated rings. The summed E-state index contributed by atoms with van der Waals surface area (Å²) in [6, 6.07) is 13.7. The van der Waals surface area contributed by atoms with Gasteiger partial charge < -0.3 is 19.8 Å². The number of H-pyrrole nitrogens is 1. The van der Waals surface area contributed by atoms with E-state index >= 15 is 0 Å². The molecule has 1 heterocycles. The molecule has 0 saturated heterocycles. The standard InChI is InChI=1S/C22H26N2O3/c1-4-12-27-13-11-23-21-18-10-9-17(26-3)14-19(18)22(25)24-20(21)16-7-5-15(2)6-8-16/h5-10,14,23H,4,11-13H2,1-3H3,(H,24,25). The van der Waals surface area contributed by atoms with Crippen LogP contribution in [0.4, 0.5) is 5.69 Å². The first kappa shape index (κ1) is 19.0. The smallest absolute Gasteiger partial charge is 0.256 e. The molecule has 142 valence electrons. The second-order valence-electron chi connectivity index (χ2n) is 6.52. The third-order valence-corrected chi connectivity index (χ3v) is 4.47. The summed E-state index contributed by atoms with van der Waals surface area (Å²) >= 11 is 0. The molecule has 5 nitrogen and oxygen atoms in total. The number of aryl methyl sites for hydroxylation is 1. The Morgan fingerprint density at radius 1 is 1.04 bits per heavy atom. The lowest BCUT2D eigenvalue weighted by Crippen LogP contribution is -2.15. The van der Waals surface area contributed by atoms with E-state index in [-0.39, 0.29) is 5.56 Å². The van der Waals surface area contributed by atoms with Crippen LogP contribution in [0, 0.1) is 6.92 Å². The SMILES string of the molecule is CCCOCCNc1c(-c2ccc(C)cc2)[nH]c(=O)c2cc(OC)ccc12. The number of fused-ring (bicyclic) bond motifs is 1. The minimum absolute atomic E-state index is 0.132. The van der Waals surface area contributed by atoms with E-state index in [4.69, 9.17) is 9.47 Å². The maximum Gasteiger partial charge on any atom is 0.256 e. The third kappa shape index (κ3) is 4.31. The summed E-state index contributed by atoms with van der Waals surface area (Å²) in [5.41, 5.74) is 3.69. The first-order valence-corrected chi connectivity index (χ1v) is 9.26. The van der Waals surface area contributed by atoms with E-state index in [1.165, 1.54) is 5.56 Å². The van der Waals surface area contributed by atoms with Crippen LogP contribution in [-0.2, 0) is 4.74 Å². The molecule has 0 aliphatic carbocycles. The number of anilines is 1. The zero-order valence-corrected chi connectivity index (χ0v) is 16.1. The molecule has 0 radical (unpaired) electrons. The summed E-state index contributed by atoms with van der Waals surface area (Å²) in [7, 11) is 1.60. The van der Waals surface area contributed by atoms with Crippen LogP contribution in [0.15, 0.2) is 47.3 Å².